The molecule has 1 aromatic heterocycles. The molecule has 0 unspecified atom stereocenters. The van der Waals surface area contributed by atoms with Gasteiger partial charge >= 0.3 is 0 Å². The zero-order valence-corrected chi connectivity index (χ0v) is 17.7. The van der Waals surface area contributed by atoms with Crippen LogP contribution < -0.4 is 28.5 Å². The molecule has 1 aromatic carbocycles. The minimum atomic E-state index is -0.641. The lowest BCUT2D eigenvalue weighted by Gasteiger charge is -2.24. The van der Waals surface area contributed by atoms with Crippen molar-refractivity contribution >= 4 is 21.6 Å². The smallest absolute Gasteiger partial charge is 0.270 e. The first kappa shape index (κ1) is 20.1. The molecule has 0 radical (unpaired) electrons. The Labute approximate surface area is 167 Å². The molecule has 0 spiro atoms. The Balaban J connectivity index is 0.00000208. The standard InChI is InChI=1S/C20H30NOS.HI/c1-21-17-13-9-10-14-18(17)23-19(21)20(22)15-11-7-5-3-2-4-6-8-12-16-20;/h9-10,13-14,22H,2-8,11-12,15-16H2,1H3;1H/q+1;/p-1. The monoisotopic (exact) mass is 459 g/mol. The van der Waals surface area contributed by atoms with Crippen LogP contribution in [-0.4, -0.2) is 5.11 Å². The summed E-state index contributed by atoms with van der Waals surface area (Å²) in [6.07, 6.45) is 13.4. The van der Waals surface area contributed by atoms with E-state index in [1.165, 1.54) is 55.2 Å². The summed E-state index contributed by atoms with van der Waals surface area (Å²) in [5.41, 5.74) is 0.601. The fraction of sp³-hybridized carbons (Fsp3) is 0.650. The first-order valence-electron chi connectivity index (χ1n) is 9.31. The number of aryl methyl sites for hydroxylation is 1. The lowest BCUT2D eigenvalue weighted by atomic mass is 9.89. The minimum absolute atomic E-state index is 0. The third-order valence-corrected chi connectivity index (χ3v) is 6.73. The summed E-state index contributed by atoms with van der Waals surface area (Å²) in [6, 6.07) is 8.51. The van der Waals surface area contributed by atoms with Crippen LogP contribution in [-0.2, 0) is 12.6 Å². The third kappa shape index (κ3) is 4.70. The predicted octanol–water partition coefficient (Wildman–Crippen LogP) is 2.22. The second kappa shape index (κ2) is 9.48. The first-order valence-corrected chi connectivity index (χ1v) is 10.1. The zero-order valence-electron chi connectivity index (χ0n) is 14.8. The van der Waals surface area contributed by atoms with Crippen molar-refractivity contribution in [1.29, 1.82) is 0 Å². The van der Waals surface area contributed by atoms with Crippen molar-refractivity contribution in [3.63, 3.8) is 0 Å². The average molecular weight is 459 g/mol. The van der Waals surface area contributed by atoms with Crippen molar-refractivity contribution in [2.45, 2.75) is 76.2 Å². The van der Waals surface area contributed by atoms with Crippen molar-refractivity contribution in [2.75, 3.05) is 0 Å². The van der Waals surface area contributed by atoms with Gasteiger partial charge in [0.25, 0.3) is 5.01 Å². The number of nitrogens with zero attached hydrogens (tertiary/aromatic N) is 1. The Morgan fingerprint density at radius 3 is 1.92 bits per heavy atom. The van der Waals surface area contributed by atoms with Crippen LogP contribution in [0.2, 0.25) is 0 Å². The minimum Gasteiger partial charge on any atom is -1.00 e. The Morgan fingerprint density at radius 1 is 0.875 bits per heavy atom. The number of hydrogen-bond donors (Lipinski definition) is 1. The van der Waals surface area contributed by atoms with Crippen molar-refractivity contribution in [2.24, 2.45) is 7.05 Å². The SMILES string of the molecule is C[n+]1c(C2(O)CCCCCCCCCCC2)sc2ccccc21.[I-]. The number of halogens is 1. The summed E-state index contributed by atoms with van der Waals surface area (Å²) in [7, 11) is 2.11. The van der Waals surface area contributed by atoms with Gasteiger partial charge in [0.2, 0.25) is 5.52 Å². The van der Waals surface area contributed by atoms with E-state index in [9.17, 15) is 5.11 Å². The molecule has 1 heterocycles. The molecule has 0 saturated heterocycles. The summed E-state index contributed by atoms with van der Waals surface area (Å²) >= 11 is 1.78. The fourth-order valence-electron chi connectivity index (χ4n) is 3.92. The first-order chi connectivity index (χ1) is 11.2. The van der Waals surface area contributed by atoms with E-state index in [1.807, 2.05) is 0 Å². The highest BCUT2D eigenvalue weighted by atomic mass is 127. The molecule has 0 amide bonds. The highest BCUT2D eigenvalue weighted by Gasteiger charge is 2.38. The Kier molecular flexibility index (Phi) is 7.95. The fourth-order valence-corrected chi connectivity index (χ4v) is 5.21. The van der Waals surface area contributed by atoms with E-state index in [2.05, 4.69) is 35.9 Å². The molecular formula is C20H30INOS. The van der Waals surface area contributed by atoms with Crippen LogP contribution in [0.25, 0.3) is 10.2 Å². The molecular weight excluding hydrogens is 429 g/mol. The molecule has 0 atom stereocenters. The second-order valence-corrected chi connectivity index (χ2v) is 8.18. The largest absolute Gasteiger partial charge is 1.00 e. The van der Waals surface area contributed by atoms with E-state index in [0.29, 0.717) is 0 Å². The molecule has 0 bridgehead atoms. The topological polar surface area (TPSA) is 24.1 Å². The highest BCUT2D eigenvalue weighted by Crippen LogP contribution is 2.36. The van der Waals surface area contributed by atoms with Gasteiger partial charge in [-0.2, -0.15) is 4.57 Å². The number of benzene rings is 1. The molecule has 1 aliphatic rings. The maximum atomic E-state index is 11.5. The zero-order chi connectivity index (χ0) is 16.1. The van der Waals surface area contributed by atoms with Crippen LogP contribution in [0.3, 0.4) is 0 Å². The van der Waals surface area contributed by atoms with Crippen LogP contribution in [0.5, 0.6) is 0 Å². The maximum absolute atomic E-state index is 11.5. The van der Waals surface area contributed by atoms with Crippen molar-refractivity contribution in [1.82, 2.24) is 0 Å². The molecule has 1 fully saturated rings. The van der Waals surface area contributed by atoms with E-state index in [4.69, 9.17) is 0 Å². The molecule has 0 aliphatic heterocycles. The maximum Gasteiger partial charge on any atom is 0.270 e. The van der Waals surface area contributed by atoms with E-state index in [1.54, 1.807) is 11.3 Å². The molecule has 1 aliphatic carbocycles. The molecule has 2 nitrogen and oxygen atoms in total. The van der Waals surface area contributed by atoms with Crippen LogP contribution in [0, 0.1) is 0 Å². The van der Waals surface area contributed by atoms with Crippen LogP contribution >= 0.6 is 11.3 Å². The molecule has 2 aromatic rings. The van der Waals surface area contributed by atoms with Crippen LogP contribution in [0.4, 0.5) is 0 Å². The molecule has 134 valence electrons. The van der Waals surface area contributed by atoms with Gasteiger partial charge in [0.1, 0.15) is 11.7 Å². The number of aromatic nitrogens is 1. The number of thiazole rings is 1. The van der Waals surface area contributed by atoms with E-state index < -0.39 is 5.60 Å². The summed E-state index contributed by atoms with van der Waals surface area (Å²) in [4.78, 5) is 0. The number of hydrogen-bond acceptors (Lipinski definition) is 2. The van der Waals surface area contributed by atoms with Gasteiger partial charge < -0.3 is 29.1 Å². The Morgan fingerprint density at radius 2 is 1.38 bits per heavy atom. The third-order valence-electron chi connectivity index (χ3n) is 5.32. The summed E-state index contributed by atoms with van der Waals surface area (Å²) < 4.78 is 3.51. The molecule has 1 saturated carbocycles. The van der Waals surface area contributed by atoms with Crippen LogP contribution in [0.15, 0.2) is 24.3 Å². The van der Waals surface area contributed by atoms with Gasteiger partial charge in [0, 0.05) is 6.07 Å². The van der Waals surface area contributed by atoms with Crippen molar-refractivity contribution in [3.8, 4) is 0 Å². The Bertz CT molecular complexity index is 628. The predicted molar refractivity (Wildman–Crippen MR) is 97.7 cm³/mol. The van der Waals surface area contributed by atoms with Gasteiger partial charge in [-0.1, -0.05) is 68.4 Å². The van der Waals surface area contributed by atoms with Gasteiger partial charge in [-0.3, -0.25) is 0 Å². The number of fused-ring (bicyclic) bond motifs is 1. The van der Waals surface area contributed by atoms with E-state index in [-0.39, 0.29) is 24.0 Å². The summed E-state index contributed by atoms with van der Waals surface area (Å²) in [5.74, 6) is 0. The lowest BCUT2D eigenvalue weighted by molar-refractivity contribution is -0.655. The average Bonchev–Trinajstić information content (AvgIpc) is 2.89. The Hall–Kier alpha value is -0.200. The molecule has 4 heteroatoms. The van der Waals surface area contributed by atoms with E-state index in [0.717, 1.165) is 30.7 Å². The second-order valence-electron chi connectivity index (χ2n) is 7.15. The normalized spacial score (nSPS) is 19.9. The van der Waals surface area contributed by atoms with Gasteiger partial charge in [0.05, 0.1) is 0 Å². The molecule has 24 heavy (non-hydrogen) atoms. The van der Waals surface area contributed by atoms with Crippen molar-refractivity contribution < 1.29 is 33.7 Å². The molecule has 1 N–H and O–H groups in total. The van der Waals surface area contributed by atoms with Crippen molar-refractivity contribution in [3.05, 3.63) is 29.3 Å². The number of aliphatic hydroxyl groups is 1. The van der Waals surface area contributed by atoms with Crippen LogP contribution in [0.1, 0.15) is 75.6 Å². The number of para-hydroxylation sites is 1. The van der Waals surface area contributed by atoms with Gasteiger partial charge in [-0.05, 0) is 31.7 Å². The summed E-state index contributed by atoms with van der Waals surface area (Å²) in [5, 5.41) is 12.6. The van der Waals surface area contributed by atoms with E-state index >= 15 is 0 Å². The van der Waals surface area contributed by atoms with Gasteiger partial charge in [0.15, 0.2) is 5.60 Å². The number of rotatable bonds is 1. The summed E-state index contributed by atoms with van der Waals surface area (Å²) in [6.45, 7) is 0. The van der Waals surface area contributed by atoms with Gasteiger partial charge in [-0.25, -0.2) is 0 Å². The molecule has 3 rings (SSSR count). The highest BCUT2D eigenvalue weighted by molar-refractivity contribution is 7.18. The lowest BCUT2D eigenvalue weighted by Crippen LogP contribution is -3.00. The quantitative estimate of drug-likeness (QED) is 0.514. The van der Waals surface area contributed by atoms with Gasteiger partial charge in [-0.15, -0.1) is 0 Å².